The number of hydrogen-bond acceptors (Lipinski definition) is 5. The summed E-state index contributed by atoms with van der Waals surface area (Å²) in [4.78, 5) is 43.3. The fourth-order valence-electron chi connectivity index (χ4n) is 2.29. The molecule has 1 amide bonds. The maximum Gasteiger partial charge on any atom is 2.00 e. The number of ether oxygens (including phenoxy) is 1. The number of Topliss-reactive ketones (excluding diaryl/α,β-unsaturated/α-hetero) is 2. The molecule has 0 aliphatic rings. The predicted molar refractivity (Wildman–Crippen MR) is 132 cm³/mol. The van der Waals surface area contributed by atoms with Crippen LogP contribution in [0.2, 0.25) is 0 Å². The largest absolute Gasteiger partial charge is 2.00 e. The number of rotatable bonds is 9. The summed E-state index contributed by atoms with van der Waals surface area (Å²) in [7, 11) is -10.2. The van der Waals surface area contributed by atoms with E-state index in [0.29, 0.717) is 0 Å². The van der Waals surface area contributed by atoms with Crippen molar-refractivity contribution in [2.45, 2.75) is 33.1 Å². The normalized spacial score (nSPS) is 11.9. The van der Waals surface area contributed by atoms with Gasteiger partial charge >= 0.3 is 53.4 Å². The van der Waals surface area contributed by atoms with E-state index in [9.17, 15) is 44.4 Å². The van der Waals surface area contributed by atoms with Gasteiger partial charge in [0.15, 0.2) is 5.97 Å². The van der Waals surface area contributed by atoms with E-state index >= 15 is 0 Å². The Morgan fingerprint density at radius 1 is 0.816 bits per heavy atom. The van der Waals surface area contributed by atoms with Gasteiger partial charge in [-0.3, -0.25) is 16.0 Å². The van der Waals surface area contributed by atoms with Gasteiger partial charge in [-0.25, -0.2) is 0 Å². The van der Waals surface area contributed by atoms with Crippen molar-refractivity contribution in [3.8, 4) is 0 Å². The van der Waals surface area contributed by atoms with E-state index in [1.807, 2.05) is 36.4 Å². The van der Waals surface area contributed by atoms with Crippen LogP contribution in [-0.4, -0.2) is 30.6 Å². The molecular formula is C23H27F6NO5P2Pd. The first-order chi connectivity index (χ1) is 16.8. The monoisotopic (exact) mass is 679 g/mol. The standard InChI is InChI=1S/C14H14NOP.C9H13O4.F6P.Pd/c1-12(16)15-17(13-8-4-2-5-9-13)14-10-6-3-7-11-14;1-7(10)3-4-8(11)5-6-9(12)13-2;1-7(2,3,4,5)6;/h2-11H,1H3,(H,15,16);6H,3-5H2,1-2H3;;/q;2*-1;+2. The number of benzene rings is 2. The number of hydrogen-bond donors (Lipinski definition) is 1. The Bertz CT molecular complexity index is 992. The number of amides is 1. The van der Waals surface area contributed by atoms with E-state index < -0.39 is 21.9 Å². The maximum atomic E-state index is 11.3. The molecule has 0 bridgehead atoms. The molecule has 0 unspecified atom stereocenters. The molecule has 0 radical (unpaired) electrons. The predicted octanol–water partition coefficient (Wildman–Crippen LogP) is 6.24. The van der Waals surface area contributed by atoms with Crippen molar-refractivity contribution in [1.82, 2.24) is 5.09 Å². The summed E-state index contributed by atoms with van der Waals surface area (Å²) in [5.74, 6) is -0.660. The van der Waals surface area contributed by atoms with Crippen molar-refractivity contribution < 1.29 is 69.5 Å². The van der Waals surface area contributed by atoms with Gasteiger partial charge < -0.3 is 19.4 Å². The molecule has 0 spiro atoms. The molecule has 0 heterocycles. The van der Waals surface area contributed by atoms with Gasteiger partial charge in [-0.1, -0.05) is 67.1 Å². The molecule has 2 aromatic rings. The number of ketones is 2. The Balaban J connectivity index is 0. The summed E-state index contributed by atoms with van der Waals surface area (Å²) in [6, 6.07) is 20.1. The van der Waals surface area contributed by atoms with Gasteiger partial charge in [-0.15, -0.1) is 0 Å². The summed E-state index contributed by atoms with van der Waals surface area (Å²) in [5.41, 5.74) is 0. The van der Waals surface area contributed by atoms with Crippen LogP contribution in [0, 0.1) is 6.42 Å². The number of halogens is 6. The first-order valence-electron chi connectivity index (χ1n) is 10.4. The molecule has 6 nitrogen and oxygen atoms in total. The quantitative estimate of drug-likeness (QED) is 0.111. The van der Waals surface area contributed by atoms with Crippen LogP contribution in [0.25, 0.3) is 0 Å². The fourth-order valence-corrected chi connectivity index (χ4v) is 4.10. The molecule has 1 N–H and O–H groups in total. The van der Waals surface area contributed by atoms with Crippen LogP contribution >= 0.6 is 15.9 Å². The van der Waals surface area contributed by atoms with E-state index in [-0.39, 0.29) is 57.2 Å². The van der Waals surface area contributed by atoms with E-state index in [1.54, 1.807) is 6.92 Å². The van der Waals surface area contributed by atoms with Crippen LogP contribution in [-0.2, 0) is 44.3 Å². The molecule has 0 atom stereocenters. The average Bonchev–Trinajstić information content (AvgIpc) is 2.79. The fraction of sp³-hybridized carbons (Fsp3) is 0.261. The maximum absolute atomic E-state index is 11.3. The van der Waals surface area contributed by atoms with Crippen LogP contribution < -0.4 is 15.7 Å². The first kappa shape index (κ1) is 37.8. The van der Waals surface area contributed by atoms with Gasteiger partial charge in [0.2, 0.25) is 5.91 Å². The van der Waals surface area contributed by atoms with Gasteiger partial charge in [0.05, 0.1) is 15.2 Å². The van der Waals surface area contributed by atoms with Crippen molar-refractivity contribution >= 4 is 49.9 Å². The summed E-state index contributed by atoms with van der Waals surface area (Å²) in [6.07, 6.45) is 1.65. The molecule has 0 fully saturated rings. The zero-order chi connectivity index (χ0) is 28.8. The summed E-state index contributed by atoms with van der Waals surface area (Å²) >= 11 is 0. The van der Waals surface area contributed by atoms with Gasteiger partial charge in [-0.2, -0.15) is 0 Å². The van der Waals surface area contributed by atoms with Crippen LogP contribution in [0.4, 0.5) is 25.2 Å². The van der Waals surface area contributed by atoms with Gasteiger partial charge in [-0.05, 0) is 6.92 Å². The van der Waals surface area contributed by atoms with E-state index in [2.05, 4.69) is 34.1 Å². The van der Waals surface area contributed by atoms with Crippen molar-refractivity contribution in [2.75, 3.05) is 7.11 Å². The molecule has 0 saturated heterocycles. The van der Waals surface area contributed by atoms with Crippen LogP contribution in [0.1, 0.15) is 33.1 Å². The second-order valence-electron chi connectivity index (χ2n) is 7.30. The van der Waals surface area contributed by atoms with Gasteiger partial charge in [0.1, 0.15) is 11.6 Å². The minimum Gasteiger partial charge on any atom is 2.00 e. The molecule has 2 rings (SSSR count). The number of nitrogens with one attached hydrogen (secondary N) is 1. The molecule has 0 aliphatic carbocycles. The molecule has 216 valence electrons. The third kappa shape index (κ3) is 25.3. The molecule has 0 aromatic heterocycles. The van der Waals surface area contributed by atoms with E-state index in [1.165, 1.54) is 20.5 Å². The van der Waals surface area contributed by atoms with Crippen molar-refractivity contribution in [3.05, 3.63) is 67.1 Å². The molecule has 38 heavy (non-hydrogen) atoms. The Morgan fingerprint density at radius 2 is 1.21 bits per heavy atom. The zero-order valence-corrected chi connectivity index (χ0v) is 23.8. The average molecular weight is 680 g/mol. The summed E-state index contributed by atoms with van der Waals surface area (Å²) in [6.45, 7) is 2.98. The van der Waals surface area contributed by atoms with Gasteiger partial charge in [0.25, 0.3) is 0 Å². The van der Waals surface area contributed by atoms with Crippen molar-refractivity contribution in [3.63, 3.8) is 0 Å². The first-order valence-corrected chi connectivity index (χ1v) is 13.8. The second-order valence-corrected chi connectivity index (χ2v) is 11.1. The topological polar surface area (TPSA) is 89.5 Å². The van der Waals surface area contributed by atoms with Crippen LogP contribution in [0.5, 0.6) is 0 Å². The third-order valence-corrected chi connectivity index (χ3v) is 5.92. The second kappa shape index (κ2) is 15.9. The Kier molecular flexibility index (Phi) is 15.9. The van der Waals surface area contributed by atoms with Crippen LogP contribution in [0.15, 0.2) is 60.7 Å². The summed E-state index contributed by atoms with van der Waals surface area (Å²) < 4.78 is 63.5. The molecular weight excluding hydrogens is 653 g/mol. The molecule has 0 aliphatic heterocycles. The number of esters is 1. The molecule has 0 saturated carbocycles. The summed E-state index contributed by atoms with van der Waals surface area (Å²) in [5, 5.41) is 5.35. The molecule has 2 aromatic carbocycles. The number of carbonyl (C=O) groups excluding carboxylic acids is 4. The number of carbonyl (C=O) groups is 4. The third-order valence-electron chi connectivity index (χ3n) is 3.75. The smallest absolute Gasteiger partial charge is 2.00 e. The SMILES string of the molecule is CC(=O)NP(c1ccccc1)c1ccccc1.COC(=O)[CH-]CC(=O)CCC(C)=O.F[P-](F)(F)(F)(F)F.[Pd+2]. The molecule has 15 heteroatoms. The Hall–Kier alpha value is -2.31. The van der Waals surface area contributed by atoms with Crippen LogP contribution in [0.3, 0.4) is 0 Å². The minimum atomic E-state index is -10.7. The Morgan fingerprint density at radius 3 is 1.53 bits per heavy atom. The Labute approximate surface area is 231 Å². The number of methoxy groups -OCH3 is 1. The van der Waals surface area contributed by atoms with Crippen molar-refractivity contribution in [1.29, 1.82) is 0 Å². The zero-order valence-electron chi connectivity index (χ0n) is 20.5. The van der Waals surface area contributed by atoms with E-state index in [4.69, 9.17) is 0 Å². The van der Waals surface area contributed by atoms with Gasteiger partial charge in [0, 0.05) is 30.4 Å². The van der Waals surface area contributed by atoms with Crippen molar-refractivity contribution in [2.24, 2.45) is 0 Å². The van der Waals surface area contributed by atoms with E-state index in [0.717, 1.165) is 10.6 Å². The minimum absolute atomic E-state index is 0.